The lowest BCUT2D eigenvalue weighted by molar-refractivity contribution is -0.136. The number of likely N-dealkylation sites (N-methyl/N-ethyl adjacent to an activating group) is 2. The van der Waals surface area contributed by atoms with E-state index in [0.29, 0.717) is 12.5 Å². The molecular weight excluding hydrogens is 320 g/mol. The van der Waals surface area contributed by atoms with Crippen LogP contribution in [0.5, 0.6) is 0 Å². The molecule has 20 heavy (non-hydrogen) atoms. The SMILES string of the molecule is CCN(CC(=O)NC)C(=O)[C@H]1C[C@@H]1c1cccc(Br)c1. The molecule has 0 heterocycles. The fourth-order valence-corrected chi connectivity index (χ4v) is 2.82. The monoisotopic (exact) mass is 338 g/mol. The summed E-state index contributed by atoms with van der Waals surface area (Å²) in [6.07, 6.45) is 0.875. The van der Waals surface area contributed by atoms with Crippen LogP contribution in [-0.2, 0) is 9.59 Å². The highest BCUT2D eigenvalue weighted by molar-refractivity contribution is 9.10. The molecule has 2 amide bonds. The van der Waals surface area contributed by atoms with Crippen LogP contribution >= 0.6 is 15.9 Å². The molecule has 2 atom stereocenters. The summed E-state index contributed by atoms with van der Waals surface area (Å²) in [5, 5.41) is 2.56. The van der Waals surface area contributed by atoms with Crippen LogP contribution in [0.25, 0.3) is 0 Å². The summed E-state index contributed by atoms with van der Waals surface area (Å²) >= 11 is 3.45. The summed E-state index contributed by atoms with van der Waals surface area (Å²) in [6.45, 7) is 2.61. The number of halogens is 1. The van der Waals surface area contributed by atoms with Crippen molar-refractivity contribution in [3.63, 3.8) is 0 Å². The van der Waals surface area contributed by atoms with Gasteiger partial charge in [-0.2, -0.15) is 0 Å². The molecule has 1 N–H and O–H groups in total. The van der Waals surface area contributed by atoms with E-state index in [9.17, 15) is 9.59 Å². The van der Waals surface area contributed by atoms with Gasteiger partial charge in [-0.25, -0.2) is 0 Å². The lowest BCUT2D eigenvalue weighted by Gasteiger charge is -2.20. The van der Waals surface area contributed by atoms with E-state index >= 15 is 0 Å². The average molecular weight is 339 g/mol. The summed E-state index contributed by atoms with van der Waals surface area (Å²) in [7, 11) is 1.59. The van der Waals surface area contributed by atoms with Gasteiger partial charge < -0.3 is 10.2 Å². The van der Waals surface area contributed by atoms with E-state index in [1.54, 1.807) is 11.9 Å². The molecule has 1 aliphatic rings. The normalized spacial score (nSPS) is 20.4. The van der Waals surface area contributed by atoms with Crippen LogP contribution < -0.4 is 5.32 Å². The van der Waals surface area contributed by atoms with Crippen molar-refractivity contribution in [2.45, 2.75) is 19.3 Å². The van der Waals surface area contributed by atoms with E-state index < -0.39 is 0 Å². The van der Waals surface area contributed by atoms with E-state index in [0.717, 1.165) is 10.9 Å². The van der Waals surface area contributed by atoms with Crippen molar-refractivity contribution in [3.05, 3.63) is 34.3 Å². The number of nitrogens with zero attached hydrogens (tertiary/aromatic N) is 1. The molecule has 1 fully saturated rings. The number of amides is 2. The Morgan fingerprint density at radius 2 is 2.20 bits per heavy atom. The number of nitrogens with one attached hydrogen (secondary N) is 1. The fourth-order valence-electron chi connectivity index (χ4n) is 2.41. The minimum atomic E-state index is -0.125. The highest BCUT2D eigenvalue weighted by atomic mass is 79.9. The van der Waals surface area contributed by atoms with Crippen molar-refractivity contribution < 1.29 is 9.59 Å². The van der Waals surface area contributed by atoms with Crippen LogP contribution in [0.1, 0.15) is 24.8 Å². The largest absolute Gasteiger partial charge is 0.358 e. The lowest BCUT2D eigenvalue weighted by atomic mass is 10.1. The minimum Gasteiger partial charge on any atom is -0.358 e. The van der Waals surface area contributed by atoms with Gasteiger partial charge in [0, 0.05) is 24.0 Å². The Labute approximate surface area is 127 Å². The van der Waals surface area contributed by atoms with E-state index in [-0.39, 0.29) is 24.3 Å². The molecule has 4 nitrogen and oxygen atoms in total. The molecule has 0 bridgehead atoms. The van der Waals surface area contributed by atoms with E-state index in [4.69, 9.17) is 0 Å². The van der Waals surface area contributed by atoms with Crippen LogP contribution in [0.3, 0.4) is 0 Å². The van der Waals surface area contributed by atoms with Crippen molar-refractivity contribution in [3.8, 4) is 0 Å². The van der Waals surface area contributed by atoms with E-state index in [1.807, 2.05) is 19.1 Å². The van der Waals surface area contributed by atoms with Gasteiger partial charge in [-0.15, -0.1) is 0 Å². The average Bonchev–Trinajstić information content (AvgIpc) is 3.24. The predicted molar refractivity (Wildman–Crippen MR) is 81.3 cm³/mol. The molecule has 5 heteroatoms. The molecule has 108 valence electrons. The van der Waals surface area contributed by atoms with Gasteiger partial charge >= 0.3 is 0 Å². The smallest absolute Gasteiger partial charge is 0.239 e. The van der Waals surface area contributed by atoms with Crippen LogP contribution in [0.2, 0.25) is 0 Å². The van der Waals surface area contributed by atoms with Crippen LogP contribution in [0.15, 0.2) is 28.7 Å². The van der Waals surface area contributed by atoms with Crippen molar-refractivity contribution >= 4 is 27.7 Å². The van der Waals surface area contributed by atoms with Gasteiger partial charge in [0.25, 0.3) is 0 Å². The number of hydrogen-bond donors (Lipinski definition) is 1. The Balaban J connectivity index is 1.99. The molecule has 1 aromatic carbocycles. The Morgan fingerprint density at radius 1 is 1.45 bits per heavy atom. The van der Waals surface area contributed by atoms with Crippen LogP contribution in [-0.4, -0.2) is 36.9 Å². The summed E-state index contributed by atoms with van der Waals surface area (Å²) in [5.41, 5.74) is 1.19. The molecule has 0 spiro atoms. The van der Waals surface area contributed by atoms with Gasteiger partial charge in [-0.05, 0) is 37.0 Å². The highest BCUT2D eigenvalue weighted by Gasteiger charge is 2.45. The molecule has 1 aliphatic carbocycles. The summed E-state index contributed by atoms with van der Waals surface area (Å²) < 4.78 is 1.03. The maximum Gasteiger partial charge on any atom is 0.239 e. The Kier molecular flexibility index (Phi) is 4.81. The third kappa shape index (κ3) is 3.39. The maximum absolute atomic E-state index is 12.4. The Hall–Kier alpha value is -1.36. The second-order valence-electron chi connectivity index (χ2n) is 5.03. The first-order valence-corrected chi connectivity index (χ1v) is 7.61. The van der Waals surface area contributed by atoms with Crippen LogP contribution in [0, 0.1) is 5.92 Å². The number of carbonyl (C=O) groups is 2. The topological polar surface area (TPSA) is 49.4 Å². The molecule has 1 aromatic rings. The van der Waals surface area contributed by atoms with Gasteiger partial charge in [0.05, 0.1) is 6.54 Å². The Bertz CT molecular complexity index is 518. The standard InChI is InChI=1S/C15H19BrN2O2/c1-3-18(9-14(19)17-2)15(20)13-8-12(13)10-5-4-6-11(16)7-10/h4-7,12-13H,3,8-9H2,1-2H3,(H,17,19)/t12-,13+/m1/s1. The first kappa shape index (κ1) is 15.0. The molecule has 0 saturated heterocycles. The highest BCUT2D eigenvalue weighted by Crippen LogP contribution is 2.48. The van der Waals surface area contributed by atoms with E-state index in [2.05, 4.69) is 33.4 Å². The van der Waals surface area contributed by atoms with Gasteiger partial charge in [0.1, 0.15) is 0 Å². The predicted octanol–water partition coefficient (Wildman–Crippen LogP) is 2.15. The van der Waals surface area contributed by atoms with Crippen LogP contribution in [0.4, 0.5) is 0 Å². The lowest BCUT2D eigenvalue weighted by Crippen LogP contribution is -2.40. The van der Waals surface area contributed by atoms with Crippen molar-refractivity contribution in [2.24, 2.45) is 5.92 Å². The summed E-state index contributed by atoms with van der Waals surface area (Å²) in [4.78, 5) is 25.4. The molecular formula is C15H19BrN2O2. The van der Waals surface area contributed by atoms with Crippen molar-refractivity contribution in [2.75, 3.05) is 20.1 Å². The molecule has 1 saturated carbocycles. The van der Waals surface area contributed by atoms with Crippen molar-refractivity contribution in [1.29, 1.82) is 0 Å². The fraction of sp³-hybridized carbons (Fsp3) is 0.467. The van der Waals surface area contributed by atoms with Gasteiger partial charge in [0.15, 0.2) is 0 Å². The number of hydrogen-bond acceptors (Lipinski definition) is 2. The summed E-state index contributed by atoms with van der Waals surface area (Å²) in [5.74, 6) is 0.272. The molecule has 0 aliphatic heterocycles. The second-order valence-corrected chi connectivity index (χ2v) is 5.94. The minimum absolute atomic E-state index is 0.0221. The second kappa shape index (κ2) is 6.39. The first-order valence-electron chi connectivity index (χ1n) is 6.81. The van der Waals surface area contributed by atoms with Gasteiger partial charge in [-0.1, -0.05) is 28.1 Å². The number of rotatable bonds is 5. The molecule has 0 radical (unpaired) electrons. The zero-order chi connectivity index (χ0) is 14.7. The third-order valence-electron chi connectivity index (χ3n) is 3.69. The number of carbonyl (C=O) groups excluding carboxylic acids is 2. The third-order valence-corrected chi connectivity index (χ3v) is 4.18. The molecule has 2 rings (SSSR count). The van der Waals surface area contributed by atoms with E-state index in [1.165, 1.54) is 5.56 Å². The summed E-state index contributed by atoms with van der Waals surface area (Å²) in [6, 6.07) is 8.08. The molecule has 0 aromatic heterocycles. The molecule has 0 unspecified atom stereocenters. The first-order chi connectivity index (χ1) is 9.56. The van der Waals surface area contributed by atoms with Gasteiger partial charge in [-0.3, -0.25) is 9.59 Å². The Morgan fingerprint density at radius 3 is 2.80 bits per heavy atom. The quantitative estimate of drug-likeness (QED) is 0.894. The zero-order valence-electron chi connectivity index (χ0n) is 11.7. The van der Waals surface area contributed by atoms with Gasteiger partial charge in [0.2, 0.25) is 11.8 Å². The zero-order valence-corrected chi connectivity index (χ0v) is 13.3. The maximum atomic E-state index is 12.4. The number of benzene rings is 1. The van der Waals surface area contributed by atoms with Crippen molar-refractivity contribution in [1.82, 2.24) is 10.2 Å².